The minimum atomic E-state index is -0.477. The summed E-state index contributed by atoms with van der Waals surface area (Å²) in [6, 6.07) is 21.3. The summed E-state index contributed by atoms with van der Waals surface area (Å²) in [6.45, 7) is 2.31. The van der Waals surface area contributed by atoms with Crippen molar-refractivity contribution in [3.05, 3.63) is 72.3 Å². The van der Waals surface area contributed by atoms with E-state index in [-0.39, 0.29) is 5.91 Å². The highest BCUT2D eigenvalue weighted by Gasteiger charge is 2.21. The number of hydrogen-bond acceptors (Lipinski definition) is 5. The third-order valence-corrected chi connectivity index (χ3v) is 5.89. The summed E-state index contributed by atoms with van der Waals surface area (Å²) in [5.74, 6) is 1.64. The summed E-state index contributed by atoms with van der Waals surface area (Å²) in [6.07, 6.45) is 0.580. The summed E-state index contributed by atoms with van der Waals surface area (Å²) in [5, 5.41) is 8.87. The third-order valence-electron chi connectivity index (χ3n) is 5.89. The van der Waals surface area contributed by atoms with Gasteiger partial charge in [0.1, 0.15) is 11.7 Å². The number of nitrogens with one attached hydrogen (secondary N) is 1. The molecule has 0 aliphatic heterocycles. The van der Waals surface area contributed by atoms with E-state index in [2.05, 4.69) is 5.32 Å². The molecule has 3 aromatic carbocycles. The van der Waals surface area contributed by atoms with Gasteiger partial charge in [-0.3, -0.25) is 9.48 Å². The minimum Gasteiger partial charge on any atom is -0.493 e. The standard InChI is InChI=1S/C27H29N3O4/c1-18(27(31)28-17-16-20-14-15-23(32-2)26(34-4)25(20)33-3)30-22-13-9-8-12-21(22)24(29-30)19-10-6-5-7-11-19/h5-15,18H,16-17H2,1-4H3,(H,28,31)/t18-/m0/s1. The Bertz CT molecular complexity index is 1280. The molecule has 1 aromatic heterocycles. The van der Waals surface area contributed by atoms with Gasteiger partial charge >= 0.3 is 0 Å². The van der Waals surface area contributed by atoms with E-state index >= 15 is 0 Å². The number of aromatic nitrogens is 2. The Morgan fingerprint density at radius 1 is 0.912 bits per heavy atom. The topological polar surface area (TPSA) is 74.6 Å². The lowest BCUT2D eigenvalue weighted by Gasteiger charge is -2.17. The number of fused-ring (bicyclic) bond motifs is 1. The van der Waals surface area contributed by atoms with Gasteiger partial charge in [0, 0.05) is 23.1 Å². The Morgan fingerprint density at radius 3 is 2.32 bits per heavy atom. The number of carbonyl (C=O) groups is 1. The molecule has 1 N–H and O–H groups in total. The van der Waals surface area contributed by atoms with Crippen molar-refractivity contribution in [1.82, 2.24) is 15.1 Å². The van der Waals surface area contributed by atoms with E-state index in [0.717, 1.165) is 27.7 Å². The van der Waals surface area contributed by atoms with Gasteiger partial charge < -0.3 is 19.5 Å². The molecule has 1 amide bonds. The van der Waals surface area contributed by atoms with E-state index in [4.69, 9.17) is 19.3 Å². The van der Waals surface area contributed by atoms with Crippen LogP contribution in [-0.4, -0.2) is 43.6 Å². The second kappa shape index (κ2) is 10.3. The molecule has 7 heteroatoms. The van der Waals surface area contributed by atoms with Crippen LogP contribution < -0.4 is 19.5 Å². The molecule has 7 nitrogen and oxygen atoms in total. The molecule has 4 aromatic rings. The van der Waals surface area contributed by atoms with Crippen LogP contribution in [0.1, 0.15) is 18.5 Å². The Balaban J connectivity index is 1.51. The van der Waals surface area contributed by atoms with Crippen LogP contribution in [0, 0.1) is 0 Å². The highest BCUT2D eigenvalue weighted by atomic mass is 16.5. The van der Waals surface area contributed by atoms with Gasteiger partial charge in [-0.15, -0.1) is 0 Å². The smallest absolute Gasteiger partial charge is 0.244 e. The van der Waals surface area contributed by atoms with E-state index in [9.17, 15) is 4.79 Å². The van der Waals surface area contributed by atoms with Crippen molar-refractivity contribution in [3.63, 3.8) is 0 Å². The first-order valence-corrected chi connectivity index (χ1v) is 11.2. The van der Waals surface area contributed by atoms with Crippen molar-refractivity contribution >= 4 is 16.8 Å². The summed E-state index contributed by atoms with van der Waals surface area (Å²) in [7, 11) is 4.75. The van der Waals surface area contributed by atoms with Crippen LogP contribution in [0.25, 0.3) is 22.2 Å². The van der Waals surface area contributed by atoms with Gasteiger partial charge in [-0.2, -0.15) is 5.10 Å². The fourth-order valence-electron chi connectivity index (χ4n) is 4.13. The van der Waals surface area contributed by atoms with Gasteiger partial charge in [-0.1, -0.05) is 54.6 Å². The maximum absolute atomic E-state index is 13.1. The molecule has 0 aliphatic rings. The molecule has 176 valence electrons. The largest absolute Gasteiger partial charge is 0.493 e. The Hall–Kier alpha value is -4.00. The van der Waals surface area contributed by atoms with Crippen LogP contribution >= 0.6 is 0 Å². The minimum absolute atomic E-state index is 0.104. The second-order valence-electron chi connectivity index (χ2n) is 7.89. The quantitative estimate of drug-likeness (QED) is 0.394. The Kier molecular flexibility index (Phi) is 7.01. The van der Waals surface area contributed by atoms with Gasteiger partial charge in [-0.25, -0.2) is 0 Å². The molecule has 34 heavy (non-hydrogen) atoms. The van der Waals surface area contributed by atoms with Gasteiger partial charge in [0.15, 0.2) is 11.5 Å². The highest BCUT2D eigenvalue weighted by Crippen LogP contribution is 2.39. The van der Waals surface area contributed by atoms with Crippen molar-refractivity contribution in [2.45, 2.75) is 19.4 Å². The van der Waals surface area contributed by atoms with Gasteiger partial charge in [0.05, 0.1) is 26.8 Å². The number of methoxy groups -OCH3 is 3. The number of benzene rings is 3. The molecule has 1 atom stereocenters. The van der Waals surface area contributed by atoms with Crippen LogP contribution in [-0.2, 0) is 11.2 Å². The Morgan fingerprint density at radius 2 is 1.62 bits per heavy atom. The van der Waals surface area contributed by atoms with Crippen LogP contribution in [0.2, 0.25) is 0 Å². The maximum atomic E-state index is 13.1. The zero-order valence-corrected chi connectivity index (χ0v) is 19.9. The number of rotatable bonds is 9. The fourth-order valence-corrected chi connectivity index (χ4v) is 4.13. The van der Waals surface area contributed by atoms with Gasteiger partial charge in [-0.05, 0) is 25.5 Å². The summed E-state index contributed by atoms with van der Waals surface area (Å²) >= 11 is 0. The lowest BCUT2D eigenvalue weighted by Crippen LogP contribution is -2.33. The average molecular weight is 460 g/mol. The molecule has 4 rings (SSSR count). The number of carbonyl (C=O) groups excluding carboxylic acids is 1. The first-order chi connectivity index (χ1) is 16.6. The van der Waals surface area contributed by atoms with Crippen LogP contribution in [0.5, 0.6) is 17.2 Å². The normalized spacial score (nSPS) is 11.8. The fraction of sp³-hybridized carbons (Fsp3) is 0.259. The molecule has 0 radical (unpaired) electrons. The molecule has 1 heterocycles. The van der Waals surface area contributed by atoms with Crippen molar-refractivity contribution < 1.29 is 19.0 Å². The number of amides is 1. The summed E-state index contributed by atoms with van der Waals surface area (Å²) < 4.78 is 18.1. The third kappa shape index (κ3) is 4.41. The SMILES string of the molecule is COc1ccc(CCNC(=O)[C@H](C)n2nc(-c3ccccc3)c3ccccc32)c(OC)c1OC. The number of hydrogen-bond donors (Lipinski definition) is 1. The molecular formula is C27H29N3O4. The van der Waals surface area contributed by atoms with Crippen molar-refractivity contribution in [2.24, 2.45) is 0 Å². The molecule has 0 saturated heterocycles. The van der Waals surface area contributed by atoms with E-state index in [1.807, 2.05) is 73.7 Å². The van der Waals surface area contributed by atoms with Gasteiger partial charge in [0.2, 0.25) is 11.7 Å². The molecule has 0 fully saturated rings. The van der Waals surface area contributed by atoms with E-state index < -0.39 is 6.04 Å². The van der Waals surface area contributed by atoms with Gasteiger partial charge in [0.25, 0.3) is 0 Å². The van der Waals surface area contributed by atoms with E-state index in [1.165, 1.54) is 0 Å². The lowest BCUT2D eigenvalue weighted by atomic mass is 10.1. The van der Waals surface area contributed by atoms with Crippen molar-refractivity contribution in [1.29, 1.82) is 0 Å². The first-order valence-electron chi connectivity index (χ1n) is 11.2. The Labute approximate surface area is 199 Å². The number of nitrogens with zero attached hydrogens (tertiary/aromatic N) is 2. The number of ether oxygens (including phenoxy) is 3. The maximum Gasteiger partial charge on any atom is 0.244 e. The molecule has 0 unspecified atom stereocenters. The zero-order valence-electron chi connectivity index (χ0n) is 19.9. The lowest BCUT2D eigenvalue weighted by molar-refractivity contribution is -0.124. The number of para-hydroxylation sites is 1. The molecule has 0 spiro atoms. The predicted octanol–water partition coefficient (Wildman–Crippen LogP) is 4.65. The predicted molar refractivity (Wildman–Crippen MR) is 133 cm³/mol. The van der Waals surface area contributed by atoms with Crippen LogP contribution in [0.15, 0.2) is 66.7 Å². The first kappa shape index (κ1) is 23.2. The zero-order chi connectivity index (χ0) is 24.1. The van der Waals surface area contributed by atoms with E-state index in [1.54, 1.807) is 26.0 Å². The molecule has 0 bridgehead atoms. The van der Waals surface area contributed by atoms with E-state index in [0.29, 0.717) is 30.2 Å². The summed E-state index contributed by atoms with van der Waals surface area (Å²) in [5.41, 5.74) is 3.73. The monoisotopic (exact) mass is 459 g/mol. The van der Waals surface area contributed by atoms with Crippen LogP contribution in [0.4, 0.5) is 0 Å². The van der Waals surface area contributed by atoms with Crippen molar-refractivity contribution in [3.8, 4) is 28.5 Å². The second-order valence-corrected chi connectivity index (χ2v) is 7.89. The highest BCUT2D eigenvalue weighted by molar-refractivity contribution is 5.94. The average Bonchev–Trinajstić information content (AvgIpc) is 3.27. The van der Waals surface area contributed by atoms with Crippen LogP contribution in [0.3, 0.4) is 0 Å². The van der Waals surface area contributed by atoms with Crippen molar-refractivity contribution in [2.75, 3.05) is 27.9 Å². The molecular weight excluding hydrogens is 430 g/mol. The summed E-state index contributed by atoms with van der Waals surface area (Å²) in [4.78, 5) is 13.1. The molecule has 0 saturated carbocycles. The molecule has 0 aliphatic carbocycles.